The Morgan fingerprint density at radius 2 is 2.00 bits per heavy atom. The largest absolute Gasteiger partial charge is 0.347 e. The van der Waals surface area contributed by atoms with E-state index in [-0.39, 0.29) is 6.04 Å². The zero-order valence-corrected chi connectivity index (χ0v) is 11.5. The number of rotatable bonds is 4. The van der Waals surface area contributed by atoms with Crippen LogP contribution < -0.4 is 11.2 Å². The zero-order chi connectivity index (χ0) is 13.3. The van der Waals surface area contributed by atoms with Gasteiger partial charge in [0.25, 0.3) is 0 Å². The normalized spacial score (nSPS) is 13.4. The van der Waals surface area contributed by atoms with Crippen LogP contribution in [0.2, 0.25) is 0 Å². The maximum Gasteiger partial charge on any atom is 0.113 e. The maximum absolute atomic E-state index is 5.92. The van der Waals surface area contributed by atoms with Gasteiger partial charge in [-0.3, -0.25) is 0 Å². The summed E-state index contributed by atoms with van der Waals surface area (Å²) in [6, 6.07) is 6.31. The lowest BCUT2D eigenvalue weighted by atomic mass is 9.94. The van der Waals surface area contributed by atoms with Crippen LogP contribution in [0.15, 0.2) is 24.4 Å². The standard InChI is InChI=1S/C15H21BN2/c1-10(2)8-18-9-12(6-11(3)17)14-5-4-13(16)7-15(14)18/h4-5,7,9-11H,6,8,17H2,1-3H3. The lowest BCUT2D eigenvalue weighted by molar-refractivity contribution is 0.534. The molecule has 1 atom stereocenters. The molecule has 0 fully saturated rings. The van der Waals surface area contributed by atoms with E-state index in [9.17, 15) is 0 Å². The fourth-order valence-electron chi connectivity index (χ4n) is 2.44. The molecule has 0 bridgehead atoms. The first-order chi connectivity index (χ1) is 8.47. The molecule has 0 aliphatic heterocycles. The molecule has 2 rings (SSSR count). The molecule has 0 amide bonds. The molecule has 1 heterocycles. The summed E-state index contributed by atoms with van der Waals surface area (Å²) in [6.45, 7) is 7.51. The highest BCUT2D eigenvalue weighted by molar-refractivity contribution is 6.33. The summed E-state index contributed by atoms with van der Waals surface area (Å²) in [7, 11) is 5.90. The van der Waals surface area contributed by atoms with E-state index in [1.165, 1.54) is 16.5 Å². The van der Waals surface area contributed by atoms with Gasteiger partial charge in [-0.05, 0) is 30.9 Å². The Hall–Kier alpha value is -1.22. The van der Waals surface area contributed by atoms with Gasteiger partial charge in [0.05, 0.1) is 0 Å². The third-order valence-corrected chi connectivity index (χ3v) is 3.09. The second-order valence-corrected chi connectivity index (χ2v) is 5.66. The van der Waals surface area contributed by atoms with Gasteiger partial charge in [0, 0.05) is 29.7 Å². The van der Waals surface area contributed by atoms with Crippen LogP contribution in [0, 0.1) is 5.92 Å². The van der Waals surface area contributed by atoms with Crippen molar-refractivity contribution in [2.45, 2.75) is 39.8 Å². The molecule has 18 heavy (non-hydrogen) atoms. The summed E-state index contributed by atoms with van der Waals surface area (Å²) < 4.78 is 2.30. The van der Waals surface area contributed by atoms with E-state index in [1.54, 1.807) is 0 Å². The van der Waals surface area contributed by atoms with Gasteiger partial charge >= 0.3 is 0 Å². The van der Waals surface area contributed by atoms with Crippen LogP contribution in [-0.4, -0.2) is 18.5 Å². The van der Waals surface area contributed by atoms with E-state index < -0.39 is 0 Å². The van der Waals surface area contributed by atoms with Gasteiger partial charge in [-0.2, -0.15) is 0 Å². The molecule has 0 saturated heterocycles. The third kappa shape index (κ3) is 2.78. The highest BCUT2D eigenvalue weighted by Gasteiger charge is 2.10. The van der Waals surface area contributed by atoms with Crippen LogP contribution in [-0.2, 0) is 13.0 Å². The van der Waals surface area contributed by atoms with E-state index in [4.69, 9.17) is 13.6 Å². The Kier molecular flexibility index (Phi) is 3.81. The van der Waals surface area contributed by atoms with Gasteiger partial charge in [-0.1, -0.05) is 31.4 Å². The van der Waals surface area contributed by atoms with Gasteiger partial charge in [-0.25, -0.2) is 0 Å². The van der Waals surface area contributed by atoms with Gasteiger partial charge in [0.2, 0.25) is 0 Å². The Morgan fingerprint density at radius 3 is 2.61 bits per heavy atom. The van der Waals surface area contributed by atoms with Crippen LogP contribution in [0.4, 0.5) is 0 Å². The van der Waals surface area contributed by atoms with Crippen molar-refractivity contribution in [3.63, 3.8) is 0 Å². The molecule has 1 aromatic heterocycles. The zero-order valence-electron chi connectivity index (χ0n) is 11.5. The quantitative estimate of drug-likeness (QED) is 0.814. The van der Waals surface area contributed by atoms with E-state index >= 15 is 0 Å². The van der Waals surface area contributed by atoms with Gasteiger partial charge < -0.3 is 10.3 Å². The van der Waals surface area contributed by atoms with Crippen molar-refractivity contribution in [1.82, 2.24) is 4.57 Å². The van der Waals surface area contributed by atoms with Crippen molar-refractivity contribution >= 4 is 24.2 Å². The van der Waals surface area contributed by atoms with Gasteiger partial charge in [0.15, 0.2) is 0 Å². The molecule has 0 aliphatic rings. The third-order valence-electron chi connectivity index (χ3n) is 3.09. The highest BCUT2D eigenvalue weighted by Crippen LogP contribution is 2.22. The predicted octanol–water partition coefficient (Wildman–Crippen LogP) is 1.98. The van der Waals surface area contributed by atoms with Crippen molar-refractivity contribution in [2.24, 2.45) is 11.7 Å². The number of nitrogens with two attached hydrogens (primary N) is 1. The summed E-state index contributed by atoms with van der Waals surface area (Å²) in [5.74, 6) is 0.616. The van der Waals surface area contributed by atoms with Crippen LogP contribution in [0.25, 0.3) is 10.9 Å². The fourth-order valence-corrected chi connectivity index (χ4v) is 2.44. The van der Waals surface area contributed by atoms with Crippen molar-refractivity contribution in [2.75, 3.05) is 0 Å². The lowest BCUT2D eigenvalue weighted by Crippen LogP contribution is -2.17. The first-order valence-corrected chi connectivity index (χ1v) is 6.60. The minimum absolute atomic E-state index is 0.181. The average Bonchev–Trinajstić information content (AvgIpc) is 2.54. The van der Waals surface area contributed by atoms with Crippen molar-refractivity contribution in [3.8, 4) is 0 Å². The van der Waals surface area contributed by atoms with Crippen LogP contribution >= 0.6 is 0 Å². The summed E-state index contributed by atoms with van der Waals surface area (Å²) >= 11 is 0. The summed E-state index contributed by atoms with van der Waals surface area (Å²) in [5.41, 5.74) is 9.28. The van der Waals surface area contributed by atoms with Crippen LogP contribution in [0.5, 0.6) is 0 Å². The number of aromatic nitrogens is 1. The topological polar surface area (TPSA) is 30.9 Å². The number of hydrogen-bond donors (Lipinski definition) is 1. The number of fused-ring (bicyclic) bond motifs is 1. The maximum atomic E-state index is 5.92. The fraction of sp³-hybridized carbons (Fsp3) is 0.467. The number of nitrogens with zero attached hydrogens (tertiary/aromatic N) is 1. The van der Waals surface area contributed by atoms with Crippen molar-refractivity contribution in [3.05, 3.63) is 30.0 Å². The molecule has 2 nitrogen and oxygen atoms in total. The molecule has 1 unspecified atom stereocenters. The SMILES string of the molecule is [B]c1ccc2c(CC(C)N)cn(CC(C)C)c2c1. The summed E-state index contributed by atoms with van der Waals surface area (Å²) in [6.07, 6.45) is 3.14. The van der Waals surface area contributed by atoms with Gasteiger partial charge in [0.1, 0.15) is 7.85 Å². The van der Waals surface area contributed by atoms with E-state index in [0.717, 1.165) is 18.4 Å². The molecule has 2 N–H and O–H groups in total. The molecule has 2 aromatic rings. The number of benzene rings is 1. The predicted molar refractivity (Wildman–Crippen MR) is 79.5 cm³/mol. The van der Waals surface area contributed by atoms with Gasteiger partial charge in [-0.15, -0.1) is 0 Å². The monoisotopic (exact) mass is 240 g/mol. The Bertz CT molecular complexity index is 541. The molecule has 0 saturated carbocycles. The molecule has 0 spiro atoms. The van der Waals surface area contributed by atoms with E-state index in [2.05, 4.69) is 36.7 Å². The average molecular weight is 240 g/mol. The molecular formula is C15H21BN2. The summed E-state index contributed by atoms with van der Waals surface area (Å²) in [4.78, 5) is 0. The molecule has 0 aliphatic carbocycles. The van der Waals surface area contributed by atoms with Crippen molar-refractivity contribution < 1.29 is 0 Å². The Labute approximate surface area is 111 Å². The molecule has 3 heteroatoms. The minimum Gasteiger partial charge on any atom is -0.347 e. The van der Waals surface area contributed by atoms with Crippen LogP contribution in [0.3, 0.4) is 0 Å². The Morgan fingerprint density at radius 1 is 1.28 bits per heavy atom. The summed E-state index contributed by atoms with van der Waals surface area (Å²) in [5, 5.41) is 1.28. The molecular weight excluding hydrogens is 219 g/mol. The van der Waals surface area contributed by atoms with Crippen molar-refractivity contribution in [1.29, 1.82) is 0 Å². The first-order valence-electron chi connectivity index (χ1n) is 6.60. The molecule has 94 valence electrons. The smallest absolute Gasteiger partial charge is 0.113 e. The first kappa shape index (κ1) is 13.2. The van der Waals surface area contributed by atoms with E-state index in [0.29, 0.717) is 5.92 Å². The minimum atomic E-state index is 0.181. The molecule has 1 aromatic carbocycles. The lowest BCUT2D eigenvalue weighted by Gasteiger charge is -2.08. The van der Waals surface area contributed by atoms with Crippen LogP contribution in [0.1, 0.15) is 26.3 Å². The second-order valence-electron chi connectivity index (χ2n) is 5.66. The molecule has 2 radical (unpaired) electrons. The Balaban J connectivity index is 2.52. The highest BCUT2D eigenvalue weighted by atomic mass is 15.0. The number of hydrogen-bond acceptors (Lipinski definition) is 1. The second kappa shape index (κ2) is 5.19. The van der Waals surface area contributed by atoms with E-state index in [1.807, 2.05) is 13.0 Å².